The Morgan fingerprint density at radius 3 is 2.06 bits per heavy atom. The molecule has 0 atom stereocenters. The van der Waals surface area contributed by atoms with Crippen molar-refractivity contribution in [3.63, 3.8) is 0 Å². The van der Waals surface area contributed by atoms with Gasteiger partial charge in [-0.1, -0.05) is 0 Å². The molecule has 6 heteroatoms. The van der Waals surface area contributed by atoms with Gasteiger partial charge >= 0.3 is 11.3 Å². The fourth-order valence-electron chi connectivity index (χ4n) is 0.836. The van der Waals surface area contributed by atoms with E-state index in [1.165, 1.54) is 13.8 Å². The highest BCUT2D eigenvalue weighted by atomic mass is 32.2. The molecule has 106 valence electrons. The van der Waals surface area contributed by atoms with E-state index in [9.17, 15) is 9.59 Å². The highest BCUT2D eigenvalue weighted by molar-refractivity contribution is 8.13. The van der Waals surface area contributed by atoms with Gasteiger partial charge in [0.1, 0.15) is 0 Å². The van der Waals surface area contributed by atoms with E-state index in [1.54, 1.807) is 27.9 Å². The molecule has 5 nitrogen and oxygen atoms in total. The Bertz CT molecular complexity index is 293. The number of ether oxygens (including phenoxy) is 3. The number of esters is 1. The van der Waals surface area contributed by atoms with Crippen LogP contribution < -0.4 is 0 Å². The number of carbonyl (C=O) groups excluding carboxylic acids is 2. The van der Waals surface area contributed by atoms with Gasteiger partial charge in [0.05, 0.1) is 12.0 Å². The summed E-state index contributed by atoms with van der Waals surface area (Å²) < 4.78 is 15.0. The zero-order valence-electron chi connectivity index (χ0n) is 11.9. The van der Waals surface area contributed by atoms with E-state index >= 15 is 0 Å². The molecule has 0 fully saturated rings. The predicted molar refractivity (Wildman–Crippen MR) is 70.4 cm³/mol. The minimum Gasteiger partial charge on any atom is -0.423 e. The largest absolute Gasteiger partial charge is 0.423 e. The number of rotatable bonds is 5. The summed E-state index contributed by atoms with van der Waals surface area (Å²) >= 11 is 0.985. The second-order valence-corrected chi connectivity index (χ2v) is 6.26. The van der Waals surface area contributed by atoms with E-state index < -0.39 is 22.5 Å². The smallest absolute Gasteiger partial charge is 0.370 e. The summed E-state index contributed by atoms with van der Waals surface area (Å²) in [6.45, 7) is 8.74. The van der Waals surface area contributed by atoms with Crippen molar-refractivity contribution in [2.24, 2.45) is 5.41 Å². The molecule has 18 heavy (non-hydrogen) atoms. The third-order valence-electron chi connectivity index (χ3n) is 1.79. The molecular weight excluding hydrogens is 256 g/mol. The molecule has 0 heterocycles. The van der Waals surface area contributed by atoms with Crippen molar-refractivity contribution >= 4 is 23.0 Å². The van der Waals surface area contributed by atoms with E-state index in [2.05, 4.69) is 0 Å². The summed E-state index contributed by atoms with van der Waals surface area (Å²) in [5.74, 6) is -1.18. The molecule has 0 saturated heterocycles. The van der Waals surface area contributed by atoms with Crippen LogP contribution in [0.1, 0.15) is 34.6 Å². The average molecular weight is 278 g/mol. The summed E-state index contributed by atoms with van der Waals surface area (Å²) in [6.07, 6.45) is 0. The van der Waals surface area contributed by atoms with Gasteiger partial charge in [-0.05, 0) is 32.5 Å². The molecule has 0 aromatic heterocycles. The first-order valence-electron chi connectivity index (χ1n) is 5.66. The van der Waals surface area contributed by atoms with Crippen molar-refractivity contribution in [2.45, 2.75) is 40.4 Å². The molecule has 0 rings (SSSR count). The van der Waals surface area contributed by atoms with E-state index in [-0.39, 0.29) is 0 Å². The monoisotopic (exact) mass is 278 g/mol. The Labute approximate surface area is 113 Å². The summed E-state index contributed by atoms with van der Waals surface area (Å²) in [5.41, 5.74) is -0.632. The van der Waals surface area contributed by atoms with Gasteiger partial charge in [0, 0.05) is 26.7 Å². The van der Waals surface area contributed by atoms with Crippen LogP contribution in [0, 0.1) is 5.41 Å². The van der Waals surface area contributed by atoms with Crippen LogP contribution in [0.5, 0.6) is 0 Å². The Hall–Kier alpha value is -0.750. The standard InChI is InChI=1S/C12H22O5S/c1-11(2,3)9(13)16-12(4,5)17-10(14)18-8-7-15-6/h7-8H2,1-6H3. The van der Waals surface area contributed by atoms with Gasteiger partial charge in [-0.25, -0.2) is 4.79 Å². The zero-order chi connectivity index (χ0) is 14.4. The molecule has 0 radical (unpaired) electrons. The zero-order valence-corrected chi connectivity index (χ0v) is 12.7. The SMILES string of the molecule is COCCSC(=O)OC(C)(C)OC(=O)C(C)(C)C. The van der Waals surface area contributed by atoms with Crippen molar-refractivity contribution in [1.29, 1.82) is 0 Å². The summed E-state index contributed by atoms with van der Waals surface area (Å²) in [4.78, 5) is 23.1. The van der Waals surface area contributed by atoms with Crippen LogP contribution in [0.15, 0.2) is 0 Å². The lowest BCUT2D eigenvalue weighted by Crippen LogP contribution is -2.37. The highest BCUT2D eigenvalue weighted by Gasteiger charge is 2.33. The lowest BCUT2D eigenvalue weighted by molar-refractivity contribution is -0.200. The number of carbonyl (C=O) groups is 2. The Morgan fingerprint density at radius 2 is 1.61 bits per heavy atom. The van der Waals surface area contributed by atoms with Crippen LogP contribution in [0.2, 0.25) is 0 Å². The van der Waals surface area contributed by atoms with Gasteiger partial charge in [-0.2, -0.15) is 0 Å². The normalized spacial score (nSPS) is 12.1. The van der Waals surface area contributed by atoms with Crippen LogP contribution >= 0.6 is 11.8 Å². The molecule has 0 aliphatic carbocycles. The molecule has 0 spiro atoms. The molecule has 0 aliphatic heterocycles. The molecule has 0 bridgehead atoms. The fraction of sp³-hybridized carbons (Fsp3) is 0.833. The maximum absolute atomic E-state index is 11.7. The number of methoxy groups -OCH3 is 1. The molecule has 0 aromatic carbocycles. The number of hydrogen-bond donors (Lipinski definition) is 0. The molecular formula is C12H22O5S. The lowest BCUT2D eigenvalue weighted by Gasteiger charge is -2.28. The second-order valence-electron chi connectivity index (χ2n) is 5.23. The first-order chi connectivity index (χ1) is 8.08. The Morgan fingerprint density at radius 1 is 1.06 bits per heavy atom. The van der Waals surface area contributed by atoms with E-state index in [1.807, 2.05) is 0 Å². The van der Waals surface area contributed by atoms with Crippen molar-refractivity contribution in [3.05, 3.63) is 0 Å². The summed E-state index contributed by atoms with van der Waals surface area (Å²) in [6, 6.07) is 0. The molecule has 0 saturated carbocycles. The Balaban J connectivity index is 4.22. The number of hydrogen-bond acceptors (Lipinski definition) is 6. The quantitative estimate of drug-likeness (QED) is 0.438. The highest BCUT2D eigenvalue weighted by Crippen LogP contribution is 2.23. The molecule has 0 unspecified atom stereocenters. The van der Waals surface area contributed by atoms with Crippen LogP contribution in [0.4, 0.5) is 4.79 Å². The van der Waals surface area contributed by atoms with Gasteiger partial charge in [0.2, 0.25) is 0 Å². The lowest BCUT2D eigenvalue weighted by atomic mass is 9.97. The van der Waals surface area contributed by atoms with Gasteiger partial charge < -0.3 is 14.2 Å². The second kappa shape index (κ2) is 6.99. The van der Waals surface area contributed by atoms with Crippen LogP contribution in [0.25, 0.3) is 0 Å². The summed E-state index contributed by atoms with van der Waals surface area (Å²) in [5, 5.41) is -0.487. The van der Waals surface area contributed by atoms with Gasteiger partial charge in [-0.3, -0.25) is 4.79 Å². The van der Waals surface area contributed by atoms with E-state index in [0.717, 1.165) is 11.8 Å². The molecule has 0 aromatic rings. The first kappa shape index (κ1) is 17.2. The van der Waals surface area contributed by atoms with E-state index in [4.69, 9.17) is 14.2 Å². The van der Waals surface area contributed by atoms with Crippen LogP contribution in [-0.4, -0.2) is 36.5 Å². The fourth-order valence-corrected chi connectivity index (χ4v) is 1.51. The topological polar surface area (TPSA) is 61.8 Å². The predicted octanol–water partition coefficient (Wildman–Crippen LogP) is 2.83. The van der Waals surface area contributed by atoms with Gasteiger partial charge in [-0.15, -0.1) is 0 Å². The molecule has 0 aliphatic rings. The third kappa shape index (κ3) is 7.55. The minimum atomic E-state index is -1.26. The molecule has 0 N–H and O–H groups in total. The van der Waals surface area contributed by atoms with Gasteiger partial charge in [0.25, 0.3) is 5.79 Å². The third-order valence-corrected chi connectivity index (χ3v) is 2.48. The number of thioether (sulfide) groups is 1. The average Bonchev–Trinajstić information content (AvgIpc) is 2.14. The first-order valence-corrected chi connectivity index (χ1v) is 6.65. The molecule has 0 amide bonds. The maximum Gasteiger partial charge on any atom is 0.370 e. The Kier molecular flexibility index (Phi) is 6.70. The van der Waals surface area contributed by atoms with Crippen LogP contribution in [-0.2, 0) is 19.0 Å². The van der Waals surface area contributed by atoms with E-state index in [0.29, 0.717) is 12.4 Å². The summed E-state index contributed by atoms with van der Waals surface area (Å²) in [7, 11) is 1.56. The maximum atomic E-state index is 11.7. The van der Waals surface area contributed by atoms with Crippen molar-refractivity contribution in [1.82, 2.24) is 0 Å². The van der Waals surface area contributed by atoms with Gasteiger partial charge in [0.15, 0.2) is 0 Å². The van der Waals surface area contributed by atoms with Crippen molar-refractivity contribution in [3.8, 4) is 0 Å². The minimum absolute atomic E-state index is 0.415. The van der Waals surface area contributed by atoms with Crippen molar-refractivity contribution < 1.29 is 23.8 Å². The van der Waals surface area contributed by atoms with Crippen LogP contribution in [0.3, 0.4) is 0 Å². The van der Waals surface area contributed by atoms with Crippen molar-refractivity contribution in [2.75, 3.05) is 19.5 Å².